The van der Waals surface area contributed by atoms with Gasteiger partial charge in [-0.15, -0.1) is 0 Å². The minimum absolute atomic E-state index is 0.193. The third-order valence-corrected chi connectivity index (χ3v) is 3.63. The van der Waals surface area contributed by atoms with E-state index < -0.39 is 0 Å². The van der Waals surface area contributed by atoms with Crippen LogP contribution < -0.4 is 5.32 Å². The number of carbonyl (C=O) groups excluding carboxylic acids is 2. The highest BCUT2D eigenvalue weighted by atomic mass is 16.5. The number of esters is 1. The summed E-state index contributed by atoms with van der Waals surface area (Å²) >= 11 is 0. The number of likely N-dealkylation sites (tertiary alicyclic amines) is 1. The predicted molar refractivity (Wildman–Crippen MR) is 75.3 cm³/mol. The second-order valence-electron chi connectivity index (χ2n) is 5.04. The molecule has 1 aromatic rings. The molecule has 1 aliphatic heterocycles. The zero-order valence-corrected chi connectivity index (χ0v) is 11.9. The maximum absolute atomic E-state index is 11.7. The zero-order chi connectivity index (χ0) is 14.5. The van der Waals surface area contributed by atoms with Gasteiger partial charge in [-0.3, -0.25) is 4.79 Å². The lowest BCUT2D eigenvalue weighted by atomic mass is 10.0. The van der Waals surface area contributed by atoms with E-state index in [1.165, 1.54) is 7.11 Å². The van der Waals surface area contributed by atoms with Crippen LogP contribution in [0.1, 0.15) is 28.8 Å². The SMILES string of the molecule is COC(=O)c1ccccc1CNC1CCC(=O)N(C)C1. The number of nitrogens with one attached hydrogen (secondary N) is 1. The molecule has 1 fully saturated rings. The Labute approximate surface area is 118 Å². The Hall–Kier alpha value is -1.88. The average Bonchev–Trinajstić information content (AvgIpc) is 2.48. The number of benzene rings is 1. The van der Waals surface area contributed by atoms with Crippen molar-refractivity contribution in [2.45, 2.75) is 25.4 Å². The Morgan fingerprint density at radius 2 is 2.20 bits per heavy atom. The minimum Gasteiger partial charge on any atom is -0.465 e. The maximum atomic E-state index is 11.7. The molecule has 0 bridgehead atoms. The Morgan fingerprint density at radius 3 is 2.90 bits per heavy atom. The fourth-order valence-corrected chi connectivity index (χ4v) is 2.42. The van der Waals surface area contributed by atoms with Gasteiger partial charge in [-0.25, -0.2) is 4.79 Å². The first kappa shape index (κ1) is 14.5. The van der Waals surface area contributed by atoms with Crippen molar-refractivity contribution in [3.05, 3.63) is 35.4 Å². The van der Waals surface area contributed by atoms with Crippen LogP contribution in [-0.4, -0.2) is 43.5 Å². The van der Waals surface area contributed by atoms with Gasteiger partial charge in [-0.2, -0.15) is 0 Å². The van der Waals surface area contributed by atoms with E-state index in [1.807, 2.05) is 25.2 Å². The molecule has 5 heteroatoms. The van der Waals surface area contributed by atoms with Crippen molar-refractivity contribution in [3.8, 4) is 0 Å². The van der Waals surface area contributed by atoms with Crippen LogP contribution >= 0.6 is 0 Å². The van der Waals surface area contributed by atoms with Crippen molar-refractivity contribution in [1.29, 1.82) is 0 Å². The van der Waals surface area contributed by atoms with Gasteiger partial charge >= 0.3 is 5.97 Å². The zero-order valence-electron chi connectivity index (χ0n) is 11.9. The number of amides is 1. The van der Waals surface area contributed by atoms with Crippen molar-refractivity contribution >= 4 is 11.9 Å². The Morgan fingerprint density at radius 1 is 1.45 bits per heavy atom. The number of rotatable bonds is 4. The van der Waals surface area contributed by atoms with Gasteiger partial charge < -0.3 is 15.0 Å². The van der Waals surface area contributed by atoms with Gasteiger partial charge in [-0.05, 0) is 18.1 Å². The lowest BCUT2D eigenvalue weighted by molar-refractivity contribution is -0.132. The summed E-state index contributed by atoms with van der Waals surface area (Å²) in [7, 11) is 3.20. The van der Waals surface area contributed by atoms with E-state index in [0.717, 1.165) is 12.0 Å². The lowest BCUT2D eigenvalue weighted by Gasteiger charge is -2.30. The molecule has 1 N–H and O–H groups in total. The monoisotopic (exact) mass is 276 g/mol. The molecule has 0 saturated carbocycles. The second-order valence-corrected chi connectivity index (χ2v) is 5.04. The number of nitrogens with zero attached hydrogens (tertiary/aromatic N) is 1. The van der Waals surface area contributed by atoms with E-state index in [2.05, 4.69) is 5.32 Å². The van der Waals surface area contributed by atoms with E-state index in [1.54, 1.807) is 11.0 Å². The van der Waals surface area contributed by atoms with Gasteiger partial charge in [0, 0.05) is 32.6 Å². The molecule has 1 unspecified atom stereocenters. The molecule has 108 valence electrons. The quantitative estimate of drug-likeness (QED) is 0.839. The van der Waals surface area contributed by atoms with E-state index in [4.69, 9.17) is 4.74 Å². The van der Waals surface area contributed by atoms with Gasteiger partial charge in [0.1, 0.15) is 0 Å². The van der Waals surface area contributed by atoms with Gasteiger partial charge in [0.2, 0.25) is 5.91 Å². The number of hydrogen-bond donors (Lipinski definition) is 1. The highest BCUT2D eigenvalue weighted by molar-refractivity contribution is 5.90. The number of carbonyl (C=O) groups is 2. The molecule has 20 heavy (non-hydrogen) atoms. The maximum Gasteiger partial charge on any atom is 0.338 e. The van der Waals surface area contributed by atoms with Crippen molar-refractivity contribution in [2.75, 3.05) is 20.7 Å². The summed E-state index contributed by atoms with van der Waals surface area (Å²) in [5, 5.41) is 3.41. The van der Waals surface area contributed by atoms with Crippen LogP contribution in [-0.2, 0) is 16.1 Å². The van der Waals surface area contributed by atoms with E-state index in [-0.39, 0.29) is 17.9 Å². The second kappa shape index (κ2) is 6.52. The number of hydrogen-bond acceptors (Lipinski definition) is 4. The molecule has 5 nitrogen and oxygen atoms in total. The van der Waals surface area contributed by atoms with Crippen molar-refractivity contribution in [1.82, 2.24) is 10.2 Å². The first-order valence-corrected chi connectivity index (χ1v) is 6.75. The highest BCUT2D eigenvalue weighted by Crippen LogP contribution is 2.13. The van der Waals surface area contributed by atoms with Crippen LogP contribution in [0, 0.1) is 0 Å². The topological polar surface area (TPSA) is 58.6 Å². The fraction of sp³-hybridized carbons (Fsp3) is 0.467. The van der Waals surface area contributed by atoms with Crippen LogP contribution in [0.4, 0.5) is 0 Å². The molecule has 1 atom stereocenters. The largest absolute Gasteiger partial charge is 0.465 e. The molecule has 0 radical (unpaired) electrons. The molecule has 1 amide bonds. The van der Waals surface area contributed by atoms with Crippen LogP contribution in [0.5, 0.6) is 0 Å². The van der Waals surface area contributed by atoms with Crippen LogP contribution in [0.25, 0.3) is 0 Å². The van der Waals surface area contributed by atoms with Gasteiger partial charge in [0.25, 0.3) is 0 Å². The molecular formula is C15H20N2O3. The summed E-state index contributed by atoms with van der Waals surface area (Å²) < 4.78 is 4.78. The standard InChI is InChI=1S/C15H20N2O3/c1-17-10-12(7-8-14(17)18)16-9-11-5-3-4-6-13(11)15(19)20-2/h3-6,12,16H,7-10H2,1-2H3. The van der Waals surface area contributed by atoms with Crippen molar-refractivity contribution in [2.24, 2.45) is 0 Å². The molecule has 1 aliphatic rings. The minimum atomic E-state index is -0.321. The molecular weight excluding hydrogens is 256 g/mol. The molecule has 1 heterocycles. The molecule has 0 aromatic heterocycles. The van der Waals surface area contributed by atoms with Gasteiger partial charge in [0.05, 0.1) is 12.7 Å². The van der Waals surface area contributed by atoms with Gasteiger partial charge in [0.15, 0.2) is 0 Å². The first-order valence-electron chi connectivity index (χ1n) is 6.75. The Kier molecular flexibility index (Phi) is 4.74. The normalized spacial score (nSPS) is 19.0. The highest BCUT2D eigenvalue weighted by Gasteiger charge is 2.22. The molecule has 0 aliphatic carbocycles. The predicted octanol–water partition coefficient (Wildman–Crippen LogP) is 1.18. The summed E-state index contributed by atoms with van der Waals surface area (Å²) in [5.74, 6) is -0.128. The Bertz CT molecular complexity index is 502. The Balaban J connectivity index is 1.97. The summed E-state index contributed by atoms with van der Waals surface area (Å²) in [6, 6.07) is 7.67. The van der Waals surface area contributed by atoms with E-state index in [9.17, 15) is 9.59 Å². The number of likely N-dealkylation sites (N-methyl/N-ethyl adjacent to an activating group) is 1. The van der Waals surface area contributed by atoms with Crippen molar-refractivity contribution in [3.63, 3.8) is 0 Å². The fourth-order valence-electron chi connectivity index (χ4n) is 2.42. The smallest absolute Gasteiger partial charge is 0.338 e. The molecule has 0 spiro atoms. The molecule has 2 rings (SSSR count). The summed E-state index contributed by atoms with van der Waals surface area (Å²) in [5.41, 5.74) is 1.50. The van der Waals surface area contributed by atoms with Crippen LogP contribution in [0.2, 0.25) is 0 Å². The lowest BCUT2D eigenvalue weighted by Crippen LogP contribution is -2.46. The molecule has 1 aromatic carbocycles. The number of methoxy groups -OCH3 is 1. The summed E-state index contributed by atoms with van der Waals surface area (Å²) in [6.45, 7) is 1.30. The summed E-state index contributed by atoms with van der Waals surface area (Å²) in [6.07, 6.45) is 1.41. The van der Waals surface area contributed by atoms with Gasteiger partial charge in [-0.1, -0.05) is 18.2 Å². The number of ether oxygens (including phenoxy) is 1. The van der Waals surface area contributed by atoms with E-state index in [0.29, 0.717) is 25.1 Å². The number of piperidine rings is 1. The van der Waals surface area contributed by atoms with Crippen molar-refractivity contribution < 1.29 is 14.3 Å². The first-order chi connectivity index (χ1) is 9.61. The summed E-state index contributed by atoms with van der Waals surface area (Å²) in [4.78, 5) is 24.9. The third kappa shape index (κ3) is 3.36. The van der Waals surface area contributed by atoms with Crippen LogP contribution in [0.15, 0.2) is 24.3 Å². The molecule has 1 saturated heterocycles. The average molecular weight is 276 g/mol. The third-order valence-electron chi connectivity index (χ3n) is 3.63. The van der Waals surface area contributed by atoms with E-state index >= 15 is 0 Å². The van der Waals surface area contributed by atoms with Crippen LogP contribution in [0.3, 0.4) is 0 Å².